The Kier molecular flexibility index (Phi) is 6.27. The maximum atomic E-state index is 14.0. The van der Waals surface area contributed by atoms with E-state index in [-0.39, 0.29) is 40.7 Å². The largest absolute Gasteiger partial charge is 0.452 e. The molecule has 0 aromatic heterocycles. The van der Waals surface area contributed by atoms with Crippen molar-refractivity contribution in [2.24, 2.45) is 11.8 Å². The highest BCUT2D eigenvalue weighted by Crippen LogP contribution is 2.61. The Morgan fingerprint density at radius 3 is 1.79 bits per heavy atom. The van der Waals surface area contributed by atoms with E-state index in [0.29, 0.717) is 11.3 Å². The number of benzene rings is 4. The van der Waals surface area contributed by atoms with Crippen molar-refractivity contribution in [2.75, 3.05) is 16.8 Å². The number of carbonyl (C=O) groups is 5. The standard InChI is InChI=1S/C35H26N2O6/c1-19(38)20-8-6-10-22(16-20)36-28(39)18-43-35(42)21-9-7-11-23(17-21)37-33(40)31-29-24-12-2-3-13-25(24)30(32(31)34(37)41)27-15-5-4-14-26(27)29/h2-17,29-32H,18H2,1H3,(H,36,39)/t29?,30?,31-,32-/m0/s1. The predicted molar refractivity (Wildman–Crippen MR) is 158 cm³/mol. The molecule has 212 valence electrons. The summed E-state index contributed by atoms with van der Waals surface area (Å²) in [5.74, 6) is -3.60. The van der Waals surface area contributed by atoms with E-state index in [4.69, 9.17) is 4.74 Å². The number of hydrogen-bond donors (Lipinski definition) is 1. The number of Topliss-reactive ketones (excluding diaryl/α,β-unsaturated/α-hetero) is 1. The fourth-order valence-corrected chi connectivity index (χ4v) is 6.93. The first-order chi connectivity index (χ1) is 20.8. The van der Waals surface area contributed by atoms with Gasteiger partial charge in [-0.05, 0) is 59.5 Å². The summed E-state index contributed by atoms with van der Waals surface area (Å²) in [5, 5.41) is 2.60. The van der Waals surface area contributed by atoms with Gasteiger partial charge in [-0.1, -0.05) is 66.7 Å². The van der Waals surface area contributed by atoms with Crippen molar-refractivity contribution in [1.29, 1.82) is 0 Å². The quantitative estimate of drug-likeness (QED) is 0.197. The average Bonchev–Trinajstić information content (AvgIpc) is 3.30. The molecule has 0 radical (unpaired) electrons. The lowest BCUT2D eigenvalue weighted by molar-refractivity contribution is -0.122. The van der Waals surface area contributed by atoms with Crippen LogP contribution in [-0.4, -0.2) is 36.1 Å². The Balaban J connectivity index is 1.11. The van der Waals surface area contributed by atoms with Gasteiger partial charge in [0, 0.05) is 23.1 Å². The molecule has 1 aliphatic heterocycles. The Labute approximate surface area is 247 Å². The average molecular weight is 571 g/mol. The highest BCUT2D eigenvalue weighted by atomic mass is 16.5. The predicted octanol–water partition coefficient (Wildman–Crippen LogP) is 5.08. The van der Waals surface area contributed by atoms with Crippen LogP contribution in [0.25, 0.3) is 0 Å². The minimum atomic E-state index is -0.772. The van der Waals surface area contributed by atoms with Crippen LogP contribution in [0, 0.1) is 11.8 Å². The van der Waals surface area contributed by atoms with E-state index in [2.05, 4.69) is 5.32 Å². The molecule has 2 atom stereocenters. The molecule has 1 N–H and O–H groups in total. The van der Waals surface area contributed by atoms with Gasteiger partial charge in [-0.25, -0.2) is 9.69 Å². The van der Waals surface area contributed by atoms with Crippen LogP contribution < -0.4 is 10.2 Å². The summed E-state index contributed by atoms with van der Waals surface area (Å²) in [6, 6.07) is 28.7. The molecule has 1 saturated heterocycles. The molecule has 8 rings (SSSR count). The molecule has 8 nitrogen and oxygen atoms in total. The minimum Gasteiger partial charge on any atom is -0.452 e. The van der Waals surface area contributed by atoms with Crippen molar-refractivity contribution in [3.05, 3.63) is 130 Å². The van der Waals surface area contributed by atoms with Gasteiger partial charge in [0.1, 0.15) is 0 Å². The molecule has 8 heteroatoms. The molecule has 0 spiro atoms. The number of esters is 1. The van der Waals surface area contributed by atoms with E-state index in [9.17, 15) is 24.0 Å². The van der Waals surface area contributed by atoms with Gasteiger partial charge in [0.05, 0.1) is 23.1 Å². The molecule has 4 aliphatic rings. The zero-order valence-electron chi connectivity index (χ0n) is 23.2. The zero-order valence-corrected chi connectivity index (χ0v) is 23.2. The smallest absolute Gasteiger partial charge is 0.338 e. The molecule has 0 unspecified atom stereocenters. The normalized spacial score (nSPS) is 21.1. The molecular weight excluding hydrogens is 544 g/mol. The third-order valence-electron chi connectivity index (χ3n) is 8.68. The summed E-state index contributed by atoms with van der Waals surface area (Å²) < 4.78 is 5.23. The monoisotopic (exact) mass is 570 g/mol. The molecule has 2 bridgehead atoms. The van der Waals surface area contributed by atoms with E-state index in [1.165, 1.54) is 30.0 Å². The van der Waals surface area contributed by atoms with Gasteiger partial charge in [-0.2, -0.15) is 0 Å². The number of nitrogens with one attached hydrogen (secondary N) is 1. The fraction of sp³-hybridized carbons (Fsp3) is 0.171. The molecule has 1 fully saturated rings. The van der Waals surface area contributed by atoms with Gasteiger partial charge < -0.3 is 10.1 Å². The third kappa shape index (κ3) is 4.25. The first-order valence-corrected chi connectivity index (χ1v) is 14.1. The first-order valence-electron chi connectivity index (χ1n) is 14.1. The molecule has 4 aromatic rings. The molecular formula is C35H26N2O6. The van der Waals surface area contributed by atoms with Crippen molar-refractivity contribution in [2.45, 2.75) is 18.8 Å². The second kappa shape index (κ2) is 10.2. The number of rotatable bonds is 6. The number of nitrogens with zero attached hydrogens (tertiary/aromatic N) is 1. The van der Waals surface area contributed by atoms with Crippen molar-refractivity contribution in [3.8, 4) is 0 Å². The van der Waals surface area contributed by atoms with E-state index in [1.807, 2.05) is 48.5 Å². The molecule has 3 amide bonds. The van der Waals surface area contributed by atoms with Gasteiger partial charge >= 0.3 is 5.97 Å². The molecule has 1 heterocycles. The van der Waals surface area contributed by atoms with Gasteiger partial charge in [-0.15, -0.1) is 0 Å². The summed E-state index contributed by atoms with van der Waals surface area (Å²) >= 11 is 0. The van der Waals surface area contributed by atoms with Gasteiger partial charge in [-0.3, -0.25) is 19.2 Å². The van der Waals surface area contributed by atoms with Crippen LogP contribution in [0.3, 0.4) is 0 Å². The lowest BCUT2D eigenvalue weighted by atomic mass is 9.55. The highest BCUT2D eigenvalue weighted by Gasteiger charge is 2.61. The van der Waals surface area contributed by atoms with E-state index in [0.717, 1.165) is 22.3 Å². The lowest BCUT2D eigenvalue weighted by Gasteiger charge is -2.45. The van der Waals surface area contributed by atoms with E-state index < -0.39 is 30.3 Å². The Morgan fingerprint density at radius 1 is 0.698 bits per heavy atom. The Hall–Kier alpha value is -5.37. The van der Waals surface area contributed by atoms with Crippen LogP contribution in [0.5, 0.6) is 0 Å². The van der Waals surface area contributed by atoms with Crippen molar-refractivity contribution >= 4 is 40.8 Å². The number of anilines is 2. The summed E-state index contributed by atoms with van der Waals surface area (Å²) in [6.07, 6.45) is 0. The van der Waals surface area contributed by atoms with Gasteiger partial charge in [0.2, 0.25) is 11.8 Å². The van der Waals surface area contributed by atoms with Crippen molar-refractivity contribution < 1.29 is 28.7 Å². The lowest BCUT2D eigenvalue weighted by Crippen LogP contribution is -2.41. The number of carbonyl (C=O) groups excluding carboxylic acids is 5. The van der Waals surface area contributed by atoms with Crippen LogP contribution in [-0.2, 0) is 19.1 Å². The summed E-state index contributed by atoms with van der Waals surface area (Å²) in [7, 11) is 0. The Morgan fingerprint density at radius 2 is 1.23 bits per heavy atom. The van der Waals surface area contributed by atoms with Crippen LogP contribution in [0.15, 0.2) is 97.1 Å². The second-order valence-corrected chi connectivity index (χ2v) is 11.1. The van der Waals surface area contributed by atoms with Gasteiger partial charge in [0.15, 0.2) is 12.4 Å². The maximum Gasteiger partial charge on any atom is 0.338 e. The maximum absolute atomic E-state index is 14.0. The molecule has 43 heavy (non-hydrogen) atoms. The topological polar surface area (TPSA) is 110 Å². The third-order valence-corrected chi connectivity index (χ3v) is 8.68. The van der Waals surface area contributed by atoms with Crippen LogP contribution in [0.4, 0.5) is 11.4 Å². The van der Waals surface area contributed by atoms with Crippen molar-refractivity contribution in [1.82, 2.24) is 0 Å². The van der Waals surface area contributed by atoms with E-state index in [1.54, 1.807) is 30.3 Å². The number of ether oxygens (including phenoxy) is 1. The van der Waals surface area contributed by atoms with Crippen LogP contribution in [0.1, 0.15) is 61.7 Å². The number of amides is 3. The summed E-state index contributed by atoms with van der Waals surface area (Å²) in [4.78, 5) is 66.2. The number of ketones is 1. The molecule has 4 aromatic carbocycles. The fourth-order valence-electron chi connectivity index (χ4n) is 6.93. The SMILES string of the molecule is CC(=O)c1cccc(NC(=O)COC(=O)c2cccc(N3C(=O)[C@H]4C5c6ccccc6C(c6ccccc65)[C@@H]4C3=O)c2)c1. The summed E-state index contributed by atoms with van der Waals surface area (Å²) in [6.45, 7) is 0.870. The van der Waals surface area contributed by atoms with Crippen LogP contribution in [0.2, 0.25) is 0 Å². The zero-order chi connectivity index (χ0) is 29.8. The summed E-state index contributed by atoms with van der Waals surface area (Å²) in [5.41, 5.74) is 5.57. The highest BCUT2D eigenvalue weighted by molar-refractivity contribution is 6.23. The van der Waals surface area contributed by atoms with Crippen LogP contribution >= 0.6 is 0 Å². The van der Waals surface area contributed by atoms with Gasteiger partial charge in [0.25, 0.3) is 5.91 Å². The molecule has 0 saturated carbocycles. The first kappa shape index (κ1) is 26.5. The van der Waals surface area contributed by atoms with E-state index >= 15 is 0 Å². The second-order valence-electron chi connectivity index (χ2n) is 11.1. The Bertz CT molecular complexity index is 1750. The molecule has 3 aliphatic carbocycles. The minimum absolute atomic E-state index is 0.105. The number of imide groups is 1. The number of hydrogen-bond acceptors (Lipinski definition) is 6. The van der Waals surface area contributed by atoms with Crippen molar-refractivity contribution in [3.63, 3.8) is 0 Å².